The first-order valence-corrected chi connectivity index (χ1v) is 6.38. The quantitative estimate of drug-likeness (QED) is 0.630. The fraction of sp³-hybridized carbons (Fsp3) is 0.385. The van der Waals surface area contributed by atoms with Gasteiger partial charge in [0.25, 0.3) is 0 Å². The first-order chi connectivity index (χ1) is 8.42. The summed E-state index contributed by atoms with van der Waals surface area (Å²) in [6.07, 6.45) is 0. The summed E-state index contributed by atoms with van der Waals surface area (Å²) in [7, 11) is 1.40. The third-order valence-electron chi connectivity index (χ3n) is 2.52. The fourth-order valence-electron chi connectivity index (χ4n) is 1.67. The summed E-state index contributed by atoms with van der Waals surface area (Å²) in [5.41, 5.74) is 1.56. The van der Waals surface area contributed by atoms with Gasteiger partial charge in [-0.1, -0.05) is 0 Å². The van der Waals surface area contributed by atoms with E-state index in [4.69, 9.17) is 9.15 Å². The van der Waals surface area contributed by atoms with Crippen LogP contribution in [0.15, 0.2) is 27.5 Å². The lowest BCUT2D eigenvalue weighted by atomic mass is 10.2. The van der Waals surface area contributed by atoms with E-state index >= 15 is 0 Å². The van der Waals surface area contributed by atoms with Crippen LogP contribution in [0.3, 0.4) is 0 Å². The molecule has 5 heteroatoms. The van der Waals surface area contributed by atoms with Crippen LogP contribution < -0.4 is 0 Å². The number of carbonyl (C=O) groups excluding carboxylic acids is 1. The number of thioether (sulfide) groups is 1. The van der Waals surface area contributed by atoms with Crippen LogP contribution in [0.5, 0.6) is 0 Å². The first kappa shape index (κ1) is 13.0. The van der Waals surface area contributed by atoms with E-state index in [0.717, 1.165) is 16.0 Å². The molecule has 2 rings (SSSR count). The molecule has 4 nitrogen and oxygen atoms in total. The van der Waals surface area contributed by atoms with E-state index < -0.39 is 4.75 Å². The molecular weight excluding hydrogens is 250 g/mol. The van der Waals surface area contributed by atoms with Crippen molar-refractivity contribution in [2.45, 2.75) is 30.4 Å². The van der Waals surface area contributed by atoms with Gasteiger partial charge in [-0.25, -0.2) is 4.98 Å². The maximum Gasteiger partial charge on any atom is 0.321 e. The molecule has 96 valence electrons. The van der Waals surface area contributed by atoms with Crippen molar-refractivity contribution in [2.24, 2.45) is 0 Å². The van der Waals surface area contributed by atoms with E-state index in [9.17, 15) is 4.79 Å². The zero-order valence-electron chi connectivity index (χ0n) is 10.8. The second-order valence-electron chi connectivity index (χ2n) is 4.47. The molecule has 0 radical (unpaired) electrons. The minimum atomic E-state index is -0.627. The van der Waals surface area contributed by atoms with Crippen molar-refractivity contribution in [1.82, 2.24) is 4.98 Å². The van der Waals surface area contributed by atoms with E-state index in [2.05, 4.69) is 4.98 Å². The maximum atomic E-state index is 11.6. The highest BCUT2D eigenvalue weighted by Gasteiger charge is 2.30. The lowest BCUT2D eigenvalue weighted by molar-refractivity contribution is -0.142. The number of carbonyl (C=O) groups is 1. The number of esters is 1. The number of aromatic nitrogens is 1. The number of ether oxygens (including phenoxy) is 1. The van der Waals surface area contributed by atoms with Crippen molar-refractivity contribution in [3.63, 3.8) is 0 Å². The smallest absolute Gasteiger partial charge is 0.321 e. The molecule has 0 saturated carbocycles. The first-order valence-electron chi connectivity index (χ1n) is 5.57. The van der Waals surface area contributed by atoms with Crippen LogP contribution in [-0.2, 0) is 9.53 Å². The summed E-state index contributed by atoms with van der Waals surface area (Å²) in [6, 6.07) is 5.71. The van der Waals surface area contributed by atoms with Crippen molar-refractivity contribution in [3.8, 4) is 0 Å². The van der Waals surface area contributed by atoms with E-state index in [-0.39, 0.29) is 5.97 Å². The minimum absolute atomic E-state index is 0.249. The molecule has 1 aromatic heterocycles. The SMILES string of the molecule is COC(=O)C(C)(C)Sc1ccc2nc(C)oc2c1. The van der Waals surface area contributed by atoms with Crippen LogP contribution in [0.4, 0.5) is 0 Å². The molecule has 0 atom stereocenters. The molecule has 1 aromatic carbocycles. The average Bonchev–Trinajstić information content (AvgIpc) is 2.66. The lowest BCUT2D eigenvalue weighted by Crippen LogP contribution is -2.28. The Labute approximate surface area is 110 Å². The summed E-state index contributed by atoms with van der Waals surface area (Å²) in [5.74, 6) is 0.390. The van der Waals surface area contributed by atoms with Gasteiger partial charge in [-0.2, -0.15) is 0 Å². The molecule has 0 amide bonds. The summed E-state index contributed by atoms with van der Waals surface area (Å²) < 4.78 is 9.62. The number of fused-ring (bicyclic) bond motifs is 1. The van der Waals surface area contributed by atoms with E-state index in [1.54, 1.807) is 0 Å². The third kappa shape index (κ3) is 2.51. The highest BCUT2D eigenvalue weighted by atomic mass is 32.2. The summed E-state index contributed by atoms with van der Waals surface area (Å²) in [4.78, 5) is 16.8. The van der Waals surface area contributed by atoms with Gasteiger partial charge in [-0.3, -0.25) is 4.79 Å². The van der Waals surface area contributed by atoms with Crippen LogP contribution in [0.2, 0.25) is 0 Å². The molecule has 0 aliphatic carbocycles. The number of oxazole rings is 1. The zero-order chi connectivity index (χ0) is 13.3. The topological polar surface area (TPSA) is 52.3 Å². The van der Waals surface area contributed by atoms with Gasteiger partial charge in [0.15, 0.2) is 11.5 Å². The molecule has 0 aliphatic heterocycles. The number of benzene rings is 1. The number of aryl methyl sites for hydroxylation is 1. The number of rotatable bonds is 3. The van der Waals surface area contributed by atoms with Crippen LogP contribution in [0, 0.1) is 6.92 Å². The van der Waals surface area contributed by atoms with Crippen molar-refractivity contribution in [3.05, 3.63) is 24.1 Å². The Hall–Kier alpha value is -1.49. The molecule has 0 aliphatic rings. The molecule has 0 N–H and O–H groups in total. The van der Waals surface area contributed by atoms with Crippen LogP contribution in [0.1, 0.15) is 19.7 Å². The molecule has 0 fully saturated rings. The average molecular weight is 265 g/mol. The van der Waals surface area contributed by atoms with Crippen LogP contribution in [-0.4, -0.2) is 22.8 Å². The molecule has 1 heterocycles. The minimum Gasteiger partial charge on any atom is -0.468 e. The predicted molar refractivity (Wildman–Crippen MR) is 70.7 cm³/mol. The molecule has 0 bridgehead atoms. The number of nitrogens with zero attached hydrogens (tertiary/aromatic N) is 1. The van der Waals surface area contributed by atoms with E-state index in [1.807, 2.05) is 39.0 Å². The van der Waals surface area contributed by atoms with Gasteiger partial charge in [-0.15, -0.1) is 11.8 Å². The van der Waals surface area contributed by atoms with Gasteiger partial charge in [0.05, 0.1) is 7.11 Å². The molecule has 0 spiro atoms. The Morgan fingerprint density at radius 2 is 2.17 bits per heavy atom. The molecule has 0 unspecified atom stereocenters. The molecule has 0 saturated heterocycles. The second kappa shape index (κ2) is 4.65. The summed E-state index contributed by atoms with van der Waals surface area (Å²) >= 11 is 1.44. The molecule has 18 heavy (non-hydrogen) atoms. The van der Waals surface area contributed by atoms with Gasteiger partial charge in [0, 0.05) is 11.8 Å². The second-order valence-corrected chi connectivity index (χ2v) is 6.16. The third-order valence-corrected chi connectivity index (χ3v) is 3.68. The van der Waals surface area contributed by atoms with Crippen molar-refractivity contribution in [1.29, 1.82) is 0 Å². The fourth-order valence-corrected chi connectivity index (χ4v) is 2.72. The lowest BCUT2D eigenvalue weighted by Gasteiger charge is -2.20. The molecular formula is C13H15NO3S. The maximum absolute atomic E-state index is 11.6. The normalized spacial score (nSPS) is 11.8. The molecule has 2 aromatic rings. The van der Waals surface area contributed by atoms with Crippen LogP contribution >= 0.6 is 11.8 Å². The monoisotopic (exact) mass is 265 g/mol. The van der Waals surface area contributed by atoms with Gasteiger partial charge < -0.3 is 9.15 Å². The number of methoxy groups -OCH3 is 1. The van der Waals surface area contributed by atoms with E-state index in [0.29, 0.717) is 5.89 Å². The van der Waals surface area contributed by atoms with Gasteiger partial charge >= 0.3 is 5.97 Å². The Kier molecular flexibility index (Phi) is 3.34. The van der Waals surface area contributed by atoms with Crippen LogP contribution in [0.25, 0.3) is 11.1 Å². The highest BCUT2D eigenvalue weighted by Crippen LogP contribution is 2.34. The van der Waals surface area contributed by atoms with Crippen molar-refractivity contribution in [2.75, 3.05) is 7.11 Å². The van der Waals surface area contributed by atoms with Crippen molar-refractivity contribution < 1.29 is 13.9 Å². The Balaban J connectivity index is 2.29. The summed E-state index contributed by atoms with van der Waals surface area (Å²) in [6.45, 7) is 5.48. The number of hydrogen-bond acceptors (Lipinski definition) is 5. The van der Waals surface area contributed by atoms with Gasteiger partial charge in [0.1, 0.15) is 10.3 Å². The standard InChI is InChI=1S/C13H15NO3S/c1-8-14-10-6-5-9(7-11(10)17-8)18-13(2,3)12(15)16-4/h5-7H,1-4H3. The zero-order valence-corrected chi connectivity index (χ0v) is 11.6. The Morgan fingerprint density at radius 3 is 2.83 bits per heavy atom. The summed E-state index contributed by atoms with van der Waals surface area (Å²) in [5, 5.41) is 0. The Morgan fingerprint density at radius 1 is 1.44 bits per heavy atom. The highest BCUT2D eigenvalue weighted by molar-refractivity contribution is 8.01. The van der Waals surface area contributed by atoms with Gasteiger partial charge in [0.2, 0.25) is 0 Å². The predicted octanol–water partition coefficient (Wildman–Crippen LogP) is 3.18. The number of hydrogen-bond donors (Lipinski definition) is 0. The van der Waals surface area contributed by atoms with Gasteiger partial charge in [-0.05, 0) is 32.0 Å². The van der Waals surface area contributed by atoms with Crippen molar-refractivity contribution >= 4 is 28.8 Å². The van der Waals surface area contributed by atoms with E-state index in [1.165, 1.54) is 18.9 Å². The largest absolute Gasteiger partial charge is 0.468 e. The Bertz CT molecular complexity index is 589.